The number of carboxylic acid groups (broad SMARTS) is 1. The van der Waals surface area contributed by atoms with Gasteiger partial charge in [0.05, 0.1) is 11.7 Å². The van der Waals surface area contributed by atoms with E-state index in [-0.39, 0.29) is 0 Å². The predicted octanol–water partition coefficient (Wildman–Crippen LogP) is 3.39. The third kappa shape index (κ3) is 6.09. The number of benzene rings is 1. The Balaban J connectivity index is 0.000000360. The number of nitrogens with zero attached hydrogens (tertiary/aromatic N) is 4. The Hall–Kier alpha value is -2.88. The average molecular weight is 452 g/mol. The molecule has 1 aromatic heterocycles. The molecule has 7 nitrogen and oxygen atoms in total. The minimum atomic E-state index is -5.08. The summed E-state index contributed by atoms with van der Waals surface area (Å²) in [5.74, 6) is -2.44. The number of aryl methyl sites for hydroxylation is 1. The molecule has 1 fully saturated rings. The molecule has 1 atom stereocenters. The fraction of sp³-hybridized carbons (Fsp3) is 0.500. The quantitative estimate of drug-likeness (QED) is 0.753. The molecule has 3 heterocycles. The van der Waals surface area contributed by atoms with Crippen LogP contribution in [0.4, 0.5) is 13.2 Å². The van der Waals surface area contributed by atoms with Gasteiger partial charge in [0, 0.05) is 45.3 Å². The van der Waals surface area contributed by atoms with Crippen LogP contribution in [0, 0.1) is 6.92 Å². The van der Waals surface area contributed by atoms with Crippen molar-refractivity contribution in [3.63, 3.8) is 0 Å². The van der Waals surface area contributed by atoms with Crippen LogP contribution in [0.5, 0.6) is 0 Å². The lowest BCUT2D eigenvalue weighted by Gasteiger charge is -2.35. The van der Waals surface area contributed by atoms with Crippen molar-refractivity contribution in [1.29, 1.82) is 0 Å². The summed E-state index contributed by atoms with van der Waals surface area (Å²) >= 11 is 0. The standard InChI is InChI=1S/C20H26N4O.C2HF3O2/c1-16-5-2-3-6-17(16)13-22-14-18-8-10-21-24(18)19(15-22)9-12-23-11-4-7-20(23)25;3-2(4,5)1(6)7/h2-3,5-6,8,10,19H,4,7,9,11-15H2,1H3;(H,6,7). The second-order valence-corrected chi connectivity index (χ2v) is 8.09. The van der Waals surface area contributed by atoms with E-state index in [1.54, 1.807) is 0 Å². The van der Waals surface area contributed by atoms with E-state index < -0.39 is 12.1 Å². The molecule has 0 radical (unpaired) electrons. The van der Waals surface area contributed by atoms with E-state index in [2.05, 4.69) is 51.9 Å². The van der Waals surface area contributed by atoms with Crippen LogP contribution in [-0.2, 0) is 22.7 Å². The van der Waals surface area contributed by atoms with Crippen LogP contribution < -0.4 is 0 Å². The number of hydrogen-bond acceptors (Lipinski definition) is 4. The van der Waals surface area contributed by atoms with Gasteiger partial charge in [0.15, 0.2) is 0 Å². The molecule has 10 heteroatoms. The van der Waals surface area contributed by atoms with Crippen molar-refractivity contribution in [2.24, 2.45) is 0 Å². The molecule has 1 amide bonds. The summed E-state index contributed by atoms with van der Waals surface area (Å²) in [5.41, 5.74) is 4.02. The Morgan fingerprint density at radius 2 is 1.97 bits per heavy atom. The number of hydrogen-bond donors (Lipinski definition) is 1. The van der Waals surface area contributed by atoms with E-state index in [0.29, 0.717) is 11.9 Å². The predicted molar refractivity (Wildman–Crippen MR) is 111 cm³/mol. The second-order valence-electron chi connectivity index (χ2n) is 8.09. The first-order chi connectivity index (χ1) is 15.1. The SMILES string of the molecule is Cc1ccccc1CN1Cc2ccnn2C(CCN2CCCC2=O)C1.O=C(O)C(F)(F)F. The van der Waals surface area contributed by atoms with Gasteiger partial charge in [0.1, 0.15) is 0 Å². The van der Waals surface area contributed by atoms with Crippen LogP contribution in [0.15, 0.2) is 36.5 Å². The molecule has 2 aromatic rings. The maximum atomic E-state index is 11.9. The highest BCUT2D eigenvalue weighted by molar-refractivity contribution is 5.78. The average Bonchev–Trinajstić information content (AvgIpc) is 3.36. The number of alkyl halides is 3. The summed E-state index contributed by atoms with van der Waals surface area (Å²) in [7, 11) is 0. The fourth-order valence-electron chi connectivity index (χ4n) is 4.07. The summed E-state index contributed by atoms with van der Waals surface area (Å²) in [5, 5.41) is 11.7. The zero-order valence-electron chi connectivity index (χ0n) is 17.9. The Morgan fingerprint density at radius 1 is 1.25 bits per heavy atom. The van der Waals surface area contributed by atoms with Crippen LogP contribution >= 0.6 is 0 Å². The lowest BCUT2D eigenvalue weighted by atomic mass is 10.1. The van der Waals surface area contributed by atoms with E-state index in [1.807, 2.05) is 11.1 Å². The molecule has 0 aliphatic carbocycles. The third-order valence-corrected chi connectivity index (χ3v) is 5.75. The number of fused-ring (bicyclic) bond motifs is 1. The number of amides is 1. The monoisotopic (exact) mass is 452 g/mol. The van der Waals surface area contributed by atoms with Crippen LogP contribution in [0.3, 0.4) is 0 Å². The minimum absolute atomic E-state index is 0.313. The van der Waals surface area contributed by atoms with Crippen molar-refractivity contribution in [3.8, 4) is 0 Å². The van der Waals surface area contributed by atoms with Gasteiger partial charge in [-0.15, -0.1) is 0 Å². The van der Waals surface area contributed by atoms with Crippen LogP contribution in [0.25, 0.3) is 0 Å². The van der Waals surface area contributed by atoms with Gasteiger partial charge in [-0.3, -0.25) is 14.4 Å². The number of aliphatic carboxylic acids is 1. The van der Waals surface area contributed by atoms with Gasteiger partial charge >= 0.3 is 12.1 Å². The molecule has 32 heavy (non-hydrogen) atoms. The smallest absolute Gasteiger partial charge is 0.475 e. The molecule has 4 rings (SSSR count). The summed E-state index contributed by atoms with van der Waals surface area (Å²) in [6.45, 7) is 6.85. The molecule has 2 aliphatic rings. The highest BCUT2D eigenvalue weighted by Gasteiger charge is 2.38. The summed E-state index contributed by atoms with van der Waals surface area (Å²) in [6, 6.07) is 11.1. The van der Waals surface area contributed by atoms with Crippen LogP contribution in [0.1, 0.15) is 42.1 Å². The Labute approximate surface area is 184 Å². The van der Waals surface area contributed by atoms with Gasteiger partial charge in [-0.1, -0.05) is 24.3 Å². The first-order valence-corrected chi connectivity index (χ1v) is 10.5. The maximum Gasteiger partial charge on any atom is 0.490 e. The van der Waals surface area contributed by atoms with Crippen molar-refractivity contribution in [1.82, 2.24) is 19.6 Å². The van der Waals surface area contributed by atoms with Gasteiger partial charge in [0.2, 0.25) is 5.91 Å². The molecule has 1 unspecified atom stereocenters. The minimum Gasteiger partial charge on any atom is -0.475 e. The van der Waals surface area contributed by atoms with Gasteiger partial charge < -0.3 is 10.0 Å². The van der Waals surface area contributed by atoms with Crippen LogP contribution in [0.2, 0.25) is 0 Å². The molecular weight excluding hydrogens is 425 g/mol. The third-order valence-electron chi connectivity index (χ3n) is 5.75. The van der Waals surface area contributed by atoms with Crippen LogP contribution in [-0.4, -0.2) is 62.4 Å². The largest absolute Gasteiger partial charge is 0.490 e. The van der Waals surface area contributed by atoms with Gasteiger partial charge in [-0.2, -0.15) is 18.3 Å². The normalized spacial score (nSPS) is 18.8. The molecular formula is C22H27F3N4O3. The summed E-state index contributed by atoms with van der Waals surface area (Å²) in [6.07, 6.45) is -0.474. The van der Waals surface area contributed by atoms with Gasteiger partial charge in [-0.25, -0.2) is 4.79 Å². The summed E-state index contributed by atoms with van der Waals surface area (Å²) < 4.78 is 33.9. The van der Waals surface area contributed by atoms with Crippen molar-refractivity contribution in [2.75, 3.05) is 19.6 Å². The lowest BCUT2D eigenvalue weighted by Crippen LogP contribution is -2.39. The fourth-order valence-corrected chi connectivity index (χ4v) is 4.07. The maximum absolute atomic E-state index is 11.9. The zero-order chi connectivity index (χ0) is 23.3. The van der Waals surface area contributed by atoms with E-state index in [1.165, 1.54) is 16.8 Å². The number of carbonyl (C=O) groups is 2. The molecule has 174 valence electrons. The van der Waals surface area contributed by atoms with E-state index >= 15 is 0 Å². The molecule has 0 saturated carbocycles. The zero-order valence-corrected chi connectivity index (χ0v) is 17.9. The number of likely N-dealkylation sites (tertiary alicyclic amines) is 1. The highest BCUT2D eigenvalue weighted by Crippen LogP contribution is 2.26. The molecule has 1 N–H and O–H groups in total. The number of aromatic nitrogens is 2. The number of carbonyl (C=O) groups excluding carboxylic acids is 1. The topological polar surface area (TPSA) is 78.7 Å². The van der Waals surface area contributed by atoms with Crippen molar-refractivity contribution in [2.45, 2.75) is 51.5 Å². The Bertz CT molecular complexity index is 944. The molecule has 0 spiro atoms. The second kappa shape index (κ2) is 10.2. The van der Waals surface area contributed by atoms with E-state index in [0.717, 1.165) is 52.0 Å². The molecule has 1 saturated heterocycles. The Morgan fingerprint density at radius 3 is 2.59 bits per heavy atom. The van der Waals surface area contributed by atoms with Gasteiger partial charge in [0.25, 0.3) is 0 Å². The van der Waals surface area contributed by atoms with E-state index in [4.69, 9.17) is 9.90 Å². The number of rotatable bonds is 5. The Kier molecular flexibility index (Phi) is 7.55. The number of halogens is 3. The molecule has 2 aliphatic heterocycles. The van der Waals surface area contributed by atoms with Gasteiger partial charge in [-0.05, 0) is 37.0 Å². The molecule has 1 aromatic carbocycles. The summed E-state index contributed by atoms with van der Waals surface area (Å²) in [4.78, 5) is 25.3. The first kappa shape index (κ1) is 23.8. The first-order valence-electron chi connectivity index (χ1n) is 10.5. The van der Waals surface area contributed by atoms with Crippen molar-refractivity contribution < 1.29 is 27.9 Å². The molecule has 0 bridgehead atoms. The van der Waals surface area contributed by atoms with Crippen molar-refractivity contribution in [3.05, 3.63) is 53.3 Å². The highest BCUT2D eigenvalue weighted by atomic mass is 19.4. The number of carboxylic acids is 1. The van der Waals surface area contributed by atoms with Crippen molar-refractivity contribution >= 4 is 11.9 Å². The lowest BCUT2D eigenvalue weighted by molar-refractivity contribution is -0.192. The van der Waals surface area contributed by atoms with E-state index in [9.17, 15) is 18.0 Å².